The lowest BCUT2D eigenvalue weighted by atomic mass is 10.2. The maximum Gasteiger partial charge on any atom is 0.271 e. The summed E-state index contributed by atoms with van der Waals surface area (Å²) in [6.45, 7) is 4.16. The number of amides is 1. The molecule has 2 N–H and O–H groups in total. The minimum Gasteiger partial charge on any atom is -0.493 e. The maximum absolute atomic E-state index is 12.3. The number of carbonyl (C=O) groups is 1. The molecular formula is C17H16BrN3O4S. The van der Waals surface area contributed by atoms with Gasteiger partial charge in [0.1, 0.15) is 5.75 Å². The van der Waals surface area contributed by atoms with E-state index in [-0.39, 0.29) is 10.8 Å². The van der Waals surface area contributed by atoms with Crippen LogP contribution in [-0.2, 0) is 0 Å². The van der Waals surface area contributed by atoms with E-state index >= 15 is 0 Å². The van der Waals surface area contributed by atoms with Crippen LogP contribution in [0.15, 0.2) is 40.9 Å². The Kier molecular flexibility index (Phi) is 6.64. The summed E-state index contributed by atoms with van der Waals surface area (Å²) in [6.07, 6.45) is 0. The van der Waals surface area contributed by atoms with Gasteiger partial charge in [0.05, 0.1) is 16.0 Å². The van der Waals surface area contributed by atoms with Gasteiger partial charge in [-0.2, -0.15) is 0 Å². The number of nitrogens with one attached hydrogen (secondary N) is 2. The first-order valence-electron chi connectivity index (χ1n) is 7.61. The highest BCUT2D eigenvalue weighted by molar-refractivity contribution is 9.10. The summed E-state index contributed by atoms with van der Waals surface area (Å²) in [5, 5.41) is 16.3. The summed E-state index contributed by atoms with van der Waals surface area (Å²) >= 11 is 8.48. The number of non-ortho nitro benzene ring substituents is 1. The minimum atomic E-state index is -0.496. The molecule has 0 aromatic heterocycles. The van der Waals surface area contributed by atoms with Gasteiger partial charge in [0, 0.05) is 23.4 Å². The van der Waals surface area contributed by atoms with Crippen LogP contribution < -0.4 is 15.4 Å². The lowest BCUT2D eigenvalue weighted by Crippen LogP contribution is -2.34. The quantitative estimate of drug-likeness (QED) is 0.413. The molecule has 0 spiro atoms. The van der Waals surface area contributed by atoms with Gasteiger partial charge in [-0.3, -0.25) is 20.2 Å². The molecule has 0 unspecified atom stereocenters. The van der Waals surface area contributed by atoms with Crippen molar-refractivity contribution in [2.45, 2.75) is 13.8 Å². The fraction of sp³-hybridized carbons (Fsp3) is 0.176. The lowest BCUT2D eigenvalue weighted by Gasteiger charge is -2.12. The SMILES string of the molecule is CCOc1ccc(C(=O)NC(=S)Nc2cc([N+](=O)[O-])ccc2C)cc1Br. The smallest absolute Gasteiger partial charge is 0.271 e. The third kappa shape index (κ3) is 4.99. The Morgan fingerprint density at radius 3 is 2.65 bits per heavy atom. The van der Waals surface area contributed by atoms with Gasteiger partial charge in [-0.1, -0.05) is 6.07 Å². The molecule has 0 heterocycles. The summed E-state index contributed by atoms with van der Waals surface area (Å²) in [5.41, 5.74) is 1.54. The van der Waals surface area contributed by atoms with Crippen LogP contribution in [0.2, 0.25) is 0 Å². The molecule has 0 saturated carbocycles. The highest BCUT2D eigenvalue weighted by atomic mass is 79.9. The molecule has 26 heavy (non-hydrogen) atoms. The molecule has 0 atom stereocenters. The van der Waals surface area contributed by atoms with Crippen molar-refractivity contribution in [3.8, 4) is 5.75 Å². The topological polar surface area (TPSA) is 93.5 Å². The van der Waals surface area contributed by atoms with Crippen molar-refractivity contribution in [3.05, 3.63) is 62.1 Å². The van der Waals surface area contributed by atoms with Gasteiger partial charge in [0.25, 0.3) is 11.6 Å². The van der Waals surface area contributed by atoms with Gasteiger partial charge in [-0.05, 0) is 65.8 Å². The highest BCUT2D eigenvalue weighted by Crippen LogP contribution is 2.26. The van der Waals surface area contributed by atoms with Crippen molar-refractivity contribution in [2.75, 3.05) is 11.9 Å². The predicted octanol–water partition coefficient (Wildman–Crippen LogP) is 4.19. The highest BCUT2D eigenvalue weighted by Gasteiger charge is 2.13. The van der Waals surface area contributed by atoms with Crippen LogP contribution in [0.25, 0.3) is 0 Å². The standard InChI is InChI=1S/C17H16BrN3O4S/c1-3-25-15-7-5-11(8-13(15)18)16(22)20-17(26)19-14-9-12(21(23)24)6-4-10(14)2/h4-9H,3H2,1-2H3,(H2,19,20,22,26). The Hall–Kier alpha value is -2.52. The Balaban J connectivity index is 2.08. The number of hydrogen-bond acceptors (Lipinski definition) is 5. The van der Waals surface area contributed by atoms with Crippen molar-refractivity contribution < 1.29 is 14.5 Å². The Bertz CT molecular complexity index is 873. The number of anilines is 1. The zero-order chi connectivity index (χ0) is 19.3. The zero-order valence-corrected chi connectivity index (χ0v) is 16.4. The number of halogens is 1. The number of ether oxygens (including phenoxy) is 1. The summed E-state index contributed by atoms with van der Waals surface area (Å²) in [4.78, 5) is 22.7. The summed E-state index contributed by atoms with van der Waals surface area (Å²) < 4.78 is 6.06. The van der Waals surface area contributed by atoms with Crippen LogP contribution in [0.1, 0.15) is 22.8 Å². The second-order valence-electron chi connectivity index (χ2n) is 5.24. The summed E-state index contributed by atoms with van der Waals surface area (Å²) in [6, 6.07) is 9.30. The molecule has 0 fully saturated rings. The van der Waals surface area contributed by atoms with E-state index in [9.17, 15) is 14.9 Å². The van der Waals surface area contributed by atoms with Gasteiger partial charge >= 0.3 is 0 Å². The lowest BCUT2D eigenvalue weighted by molar-refractivity contribution is -0.384. The van der Waals surface area contributed by atoms with E-state index in [0.717, 1.165) is 5.56 Å². The van der Waals surface area contributed by atoms with Crippen LogP contribution in [0.3, 0.4) is 0 Å². The first kappa shape index (κ1) is 19.8. The van der Waals surface area contributed by atoms with Gasteiger partial charge in [-0.25, -0.2) is 0 Å². The molecular weight excluding hydrogens is 422 g/mol. The van der Waals surface area contributed by atoms with Crippen molar-refractivity contribution in [2.24, 2.45) is 0 Å². The monoisotopic (exact) mass is 437 g/mol. The third-order valence-electron chi connectivity index (χ3n) is 3.40. The molecule has 0 aliphatic rings. The molecule has 0 radical (unpaired) electrons. The molecule has 2 rings (SSSR count). The Labute approximate surface area is 164 Å². The molecule has 136 valence electrons. The first-order valence-corrected chi connectivity index (χ1v) is 8.81. The molecule has 1 amide bonds. The number of aryl methyl sites for hydroxylation is 1. The van der Waals surface area contributed by atoms with Crippen molar-refractivity contribution >= 4 is 50.5 Å². The van der Waals surface area contributed by atoms with Gasteiger partial charge in [0.15, 0.2) is 5.11 Å². The Morgan fingerprint density at radius 1 is 1.31 bits per heavy atom. The number of hydrogen-bond donors (Lipinski definition) is 2. The van der Waals surface area contributed by atoms with E-state index in [2.05, 4.69) is 26.6 Å². The molecule has 0 aliphatic heterocycles. The van der Waals surface area contributed by atoms with E-state index in [1.807, 2.05) is 6.92 Å². The van der Waals surface area contributed by atoms with Crippen LogP contribution in [-0.4, -0.2) is 22.5 Å². The van der Waals surface area contributed by atoms with E-state index in [1.54, 1.807) is 31.2 Å². The van der Waals surface area contributed by atoms with Gasteiger partial charge in [0.2, 0.25) is 0 Å². The molecule has 7 nitrogen and oxygen atoms in total. The number of rotatable bonds is 5. The molecule has 9 heteroatoms. The normalized spacial score (nSPS) is 10.1. The zero-order valence-electron chi connectivity index (χ0n) is 14.0. The average molecular weight is 438 g/mol. The number of nitrogens with zero attached hydrogens (tertiary/aromatic N) is 1. The van der Waals surface area contributed by atoms with E-state index in [4.69, 9.17) is 17.0 Å². The van der Waals surface area contributed by atoms with Crippen molar-refractivity contribution in [1.82, 2.24) is 5.32 Å². The summed E-state index contributed by atoms with van der Waals surface area (Å²) in [7, 11) is 0. The molecule has 2 aromatic rings. The predicted molar refractivity (Wildman–Crippen MR) is 107 cm³/mol. The van der Waals surface area contributed by atoms with Gasteiger partial charge < -0.3 is 10.1 Å². The van der Waals surface area contributed by atoms with Crippen molar-refractivity contribution in [1.29, 1.82) is 0 Å². The number of carbonyl (C=O) groups excluding carboxylic acids is 1. The fourth-order valence-electron chi connectivity index (χ4n) is 2.10. The number of nitro groups is 1. The molecule has 2 aromatic carbocycles. The van der Waals surface area contributed by atoms with Crippen molar-refractivity contribution in [3.63, 3.8) is 0 Å². The van der Waals surface area contributed by atoms with Crippen LogP contribution in [0.4, 0.5) is 11.4 Å². The first-order chi connectivity index (χ1) is 12.3. The minimum absolute atomic E-state index is 0.0450. The fourth-order valence-corrected chi connectivity index (χ4v) is 2.80. The molecule has 0 saturated heterocycles. The second-order valence-corrected chi connectivity index (χ2v) is 6.51. The maximum atomic E-state index is 12.3. The van der Waals surface area contributed by atoms with Crippen LogP contribution in [0, 0.1) is 17.0 Å². The molecule has 0 aliphatic carbocycles. The van der Waals surface area contributed by atoms with E-state index < -0.39 is 10.8 Å². The number of nitro benzene ring substituents is 1. The second kappa shape index (κ2) is 8.72. The number of thiocarbonyl (C=S) groups is 1. The Morgan fingerprint density at radius 2 is 2.04 bits per heavy atom. The number of benzene rings is 2. The van der Waals surface area contributed by atoms with Gasteiger partial charge in [-0.15, -0.1) is 0 Å². The van der Waals surface area contributed by atoms with E-state index in [1.165, 1.54) is 12.1 Å². The van der Waals surface area contributed by atoms with E-state index in [0.29, 0.717) is 28.1 Å². The summed E-state index contributed by atoms with van der Waals surface area (Å²) in [5.74, 6) is 0.228. The third-order valence-corrected chi connectivity index (χ3v) is 4.22. The van der Waals surface area contributed by atoms with Crippen LogP contribution >= 0.6 is 28.1 Å². The average Bonchev–Trinajstić information content (AvgIpc) is 2.58. The molecule has 0 bridgehead atoms. The van der Waals surface area contributed by atoms with Crippen LogP contribution in [0.5, 0.6) is 5.75 Å². The largest absolute Gasteiger partial charge is 0.493 e.